The van der Waals surface area contributed by atoms with Crippen LogP contribution in [0, 0.1) is 5.92 Å². The molecule has 1 aromatic rings. The minimum atomic E-state index is 0.219. The number of nitrogens with two attached hydrogens (primary N) is 1. The molecule has 0 bridgehead atoms. The van der Waals surface area contributed by atoms with Gasteiger partial charge in [0.25, 0.3) is 0 Å². The fourth-order valence-corrected chi connectivity index (χ4v) is 4.05. The zero-order valence-corrected chi connectivity index (χ0v) is 14.1. The van der Waals surface area contributed by atoms with Crippen LogP contribution in [0.5, 0.6) is 11.5 Å². The molecule has 1 aliphatic carbocycles. The number of hydrogen-bond donors (Lipinski definition) is 1. The lowest BCUT2D eigenvalue weighted by Gasteiger charge is -2.30. The maximum atomic E-state index is 6.05. The van der Waals surface area contributed by atoms with E-state index < -0.39 is 0 Å². The molecule has 5 heteroatoms. The number of benzene rings is 1. The average molecular weight is 355 g/mol. The average Bonchev–Trinajstić information content (AvgIpc) is 3.10. The molecule has 0 amide bonds. The summed E-state index contributed by atoms with van der Waals surface area (Å²) in [5.41, 5.74) is 7.24. The largest absolute Gasteiger partial charge is 0.454 e. The summed E-state index contributed by atoms with van der Waals surface area (Å²) in [6.07, 6.45) is 5.46. The Morgan fingerprint density at radius 3 is 2.81 bits per heavy atom. The maximum absolute atomic E-state index is 6.05. The van der Waals surface area contributed by atoms with Crippen molar-refractivity contribution in [3.63, 3.8) is 0 Å². The summed E-state index contributed by atoms with van der Waals surface area (Å²) < 4.78 is 11.9. The highest BCUT2D eigenvalue weighted by Crippen LogP contribution is 2.42. The first kappa shape index (κ1) is 15.1. The molecule has 1 atom stereocenters. The Hall–Kier alpha value is -0.780. The predicted molar refractivity (Wildman–Crippen MR) is 86.6 cm³/mol. The van der Waals surface area contributed by atoms with Crippen molar-refractivity contribution in [3.8, 4) is 11.5 Å². The van der Waals surface area contributed by atoms with E-state index in [1.165, 1.54) is 31.2 Å². The third kappa shape index (κ3) is 3.20. The quantitative estimate of drug-likeness (QED) is 0.881. The Bertz CT molecular complexity index is 503. The summed E-state index contributed by atoms with van der Waals surface area (Å²) in [6.45, 7) is 2.02. The zero-order chi connectivity index (χ0) is 14.8. The van der Waals surface area contributed by atoms with Crippen LogP contribution in [0.4, 0.5) is 0 Å². The second-order valence-corrected chi connectivity index (χ2v) is 6.93. The van der Waals surface area contributed by atoms with E-state index in [9.17, 15) is 0 Å². The van der Waals surface area contributed by atoms with Crippen molar-refractivity contribution in [2.45, 2.75) is 31.7 Å². The normalized spacial score (nSPS) is 19.4. The number of likely N-dealkylation sites (N-methyl/N-ethyl adjacent to an activating group) is 1. The number of halogens is 1. The lowest BCUT2D eigenvalue weighted by atomic mass is 10.0. The molecule has 116 valence electrons. The van der Waals surface area contributed by atoms with E-state index in [0.717, 1.165) is 28.4 Å². The molecule has 0 saturated heterocycles. The minimum Gasteiger partial charge on any atom is -0.454 e. The van der Waals surface area contributed by atoms with Gasteiger partial charge < -0.3 is 15.2 Å². The second-order valence-electron chi connectivity index (χ2n) is 6.08. The van der Waals surface area contributed by atoms with Crippen LogP contribution in [-0.4, -0.2) is 31.8 Å². The van der Waals surface area contributed by atoms with Gasteiger partial charge in [-0.25, -0.2) is 0 Å². The van der Waals surface area contributed by atoms with E-state index in [0.29, 0.717) is 13.3 Å². The Labute approximate surface area is 134 Å². The first-order valence-electron chi connectivity index (χ1n) is 7.68. The van der Waals surface area contributed by atoms with Gasteiger partial charge in [0.15, 0.2) is 11.5 Å². The van der Waals surface area contributed by atoms with Crippen molar-refractivity contribution in [2.24, 2.45) is 11.7 Å². The Morgan fingerprint density at radius 1 is 1.33 bits per heavy atom. The lowest BCUT2D eigenvalue weighted by Crippen LogP contribution is -2.33. The highest BCUT2D eigenvalue weighted by Gasteiger charge is 2.25. The second kappa shape index (κ2) is 6.55. The number of rotatable bonds is 5. The molecular weight excluding hydrogens is 332 g/mol. The number of hydrogen-bond acceptors (Lipinski definition) is 4. The molecule has 0 spiro atoms. The van der Waals surface area contributed by atoms with E-state index >= 15 is 0 Å². The van der Waals surface area contributed by atoms with Crippen LogP contribution < -0.4 is 15.2 Å². The summed E-state index contributed by atoms with van der Waals surface area (Å²) in [6, 6.07) is 4.39. The minimum absolute atomic E-state index is 0.219. The van der Waals surface area contributed by atoms with Gasteiger partial charge in [0.1, 0.15) is 0 Å². The van der Waals surface area contributed by atoms with E-state index in [-0.39, 0.29) is 6.04 Å². The molecule has 2 N–H and O–H groups in total. The van der Waals surface area contributed by atoms with Crippen LogP contribution in [0.25, 0.3) is 0 Å². The Kier molecular flexibility index (Phi) is 4.72. The molecule has 1 aliphatic heterocycles. The maximum Gasteiger partial charge on any atom is 0.231 e. The van der Waals surface area contributed by atoms with Gasteiger partial charge in [-0.2, -0.15) is 0 Å². The monoisotopic (exact) mass is 354 g/mol. The summed E-state index contributed by atoms with van der Waals surface area (Å²) >= 11 is 3.57. The molecular formula is C16H23BrN2O2. The predicted octanol–water partition coefficient (Wildman–Crippen LogP) is 3.30. The SMILES string of the molecule is CN(CC1CCCC1)C(CN)c1cc(Br)c2c(c1)OCO2. The number of ether oxygens (including phenoxy) is 2. The van der Waals surface area contributed by atoms with Crippen LogP contribution in [0.15, 0.2) is 16.6 Å². The molecule has 1 fully saturated rings. The zero-order valence-electron chi connectivity index (χ0n) is 12.5. The van der Waals surface area contributed by atoms with Crippen LogP contribution in [0.3, 0.4) is 0 Å². The van der Waals surface area contributed by atoms with Gasteiger partial charge in [-0.3, -0.25) is 4.90 Å². The summed E-state index contributed by atoms with van der Waals surface area (Å²) in [5, 5.41) is 0. The smallest absolute Gasteiger partial charge is 0.231 e. The van der Waals surface area contributed by atoms with Gasteiger partial charge in [0.2, 0.25) is 6.79 Å². The molecule has 3 rings (SSSR count). The summed E-state index contributed by atoms with van der Waals surface area (Å²) in [5.74, 6) is 2.43. The number of nitrogens with zero attached hydrogens (tertiary/aromatic N) is 1. The number of fused-ring (bicyclic) bond motifs is 1. The summed E-state index contributed by atoms with van der Waals surface area (Å²) in [7, 11) is 2.17. The topological polar surface area (TPSA) is 47.7 Å². The standard InChI is InChI=1S/C16H23BrN2O2/c1-19(9-11-4-2-3-5-11)14(8-18)12-6-13(17)16-15(7-12)20-10-21-16/h6-7,11,14H,2-5,8-10,18H2,1H3. The fourth-order valence-electron chi connectivity index (χ4n) is 3.48. The van der Waals surface area contributed by atoms with Gasteiger partial charge in [0, 0.05) is 19.1 Å². The van der Waals surface area contributed by atoms with Crippen molar-refractivity contribution in [1.29, 1.82) is 0 Å². The molecule has 1 saturated carbocycles. The third-order valence-electron chi connectivity index (χ3n) is 4.61. The fraction of sp³-hybridized carbons (Fsp3) is 0.625. The van der Waals surface area contributed by atoms with Gasteiger partial charge in [0.05, 0.1) is 4.47 Å². The Balaban J connectivity index is 1.77. The van der Waals surface area contributed by atoms with Crippen LogP contribution >= 0.6 is 15.9 Å². The van der Waals surface area contributed by atoms with Gasteiger partial charge >= 0.3 is 0 Å². The van der Waals surface area contributed by atoms with Crippen molar-refractivity contribution < 1.29 is 9.47 Å². The highest BCUT2D eigenvalue weighted by atomic mass is 79.9. The highest BCUT2D eigenvalue weighted by molar-refractivity contribution is 9.10. The van der Waals surface area contributed by atoms with E-state index in [4.69, 9.17) is 15.2 Å². The molecule has 0 aromatic heterocycles. The van der Waals surface area contributed by atoms with Crippen molar-refractivity contribution >= 4 is 15.9 Å². The van der Waals surface area contributed by atoms with Crippen molar-refractivity contribution in [2.75, 3.05) is 26.9 Å². The summed E-state index contributed by atoms with van der Waals surface area (Å²) in [4.78, 5) is 2.39. The van der Waals surface area contributed by atoms with Gasteiger partial charge in [-0.05, 0) is 59.4 Å². The molecule has 2 aliphatic rings. The first-order valence-corrected chi connectivity index (χ1v) is 8.47. The van der Waals surface area contributed by atoms with Crippen LogP contribution in [-0.2, 0) is 0 Å². The van der Waals surface area contributed by atoms with Crippen LogP contribution in [0.1, 0.15) is 37.3 Å². The van der Waals surface area contributed by atoms with E-state index in [2.05, 4.69) is 40.0 Å². The van der Waals surface area contributed by atoms with Crippen molar-refractivity contribution in [1.82, 2.24) is 4.90 Å². The van der Waals surface area contributed by atoms with Crippen molar-refractivity contribution in [3.05, 3.63) is 22.2 Å². The van der Waals surface area contributed by atoms with E-state index in [1.807, 2.05) is 0 Å². The Morgan fingerprint density at radius 2 is 2.10 bits per heavy atom. The molecule has 1 aromatic carbocycles. The molecule has 1 unspecified atom stereocenters. The van der Waals surface area contributed by atoms with Gasteiger partial charge in [-0.1, -0.05) is 12.8 Å². The van der Waals surface area contributed by atoms with Crippen LogP contribution in [0.2, 0.25) is 0 Å². The lowest BCUT2D eigenvalue weighted by molar-refractivity contribution is 0.173. The molecule has 4 nitrogen and oxygen atoms in total. The molecule has 1 heterocycles. The molecule has 0 radical (unpaired) electrons. The van der Waals surface area contributed by atoms with Gasteiger partial charge in [-0.15, -0.1) is 0 Å². The molecule has 21 heavy (non-hydrogen) atoms. The first-order chi connectivity index (χ1) is 10.2. The third-order valence-corrected chi connectivity index (χ3v) is 5.20. The van der Waals surface area contributed by atoms with E-state index in [1.54, 1.807) is 0 Å².